The Morgan fingerprint density at radius 1 is 1.32 bits per heavy atom. The van der Waals surface area contributed by atoms with Crippen molar-refractivity contribution >= 4 is 11.9 Å². The number of carboxylic acid groups (broad SMARTS) is 1. The fourth-order valence-corrected chi connectivity index (χ4v) is 4.21. The highest BCUT2D eigenvalue weighted by Crippen LogP contribution is 2.42. The van der Waals surface area contributed by atoms with Gasteiger partial charge in [0.25, 0.3) is 5.91 Å². The van der Waals surface area contributed by atoms with Crippen LogP contribution in [-0.4, -0.2) is 70.1 Å². The average molecular weight is 485 g/mol. The molecule has 2 saturated heterocycles. The second-order valence-electron chi connectivity index (χ2n) is 8.14. The standard InChI is InChI=1S/C20H25N3O4.C2HF3O2/c1-15-13-18(22-27-15)19(24)23-9-6-20(7-10-23)16(5-12-26-20)4-11-25-17-3-2-8-21-14-17;3-2(4,5)1(6)7/h2-3,8,13-14,16H,4-7,9-12H2,1H3;(H,6,7). The fourth-order valence-electron chi connectivity index (χ4n) is 4.21. The minimum Gasteiger partial charge on any atom is -0.492 e. The van der Waals surface area contributed by atoms with E-state index < -0.39 is 12.1 Å². The maximum absolute atomic E-state index is 12.6. The molecule has 0 radical (unpaired) electrons. The first-order valence-electron chi connectivity index (χ1n) is 10.8. The highest BCUT2D eigenvalue weighted by molar-refractivity contribution is 5.92. The van der Waals surface area contributed by atoms with Gasteiger partial charge in [0.1, 0.15) is 11.5 Å². The van der Waals surface area contributed by atoms with Crippen molar-refractivity contribution in [1.82, 2.24) is 15.0 Å². The molecule has 2 aromatic rings. The molecule has 12 heteroatoms. The van der Waals surface area contributed by atoms with Crippen LogP contribution in [0.25, 0.3) is 0 Å². The van der Waals surface area contributed by atoms with E-state index in [0.717, 1.165) is 38.0 Å². The van der Waals surface area contributed by atoms with Crippen LogP contribution in [0, 0.1) is 12.8 Å². The number of hydrogen-bond donors (Lipinski definition) is 1. The molecule has 4 heterocycles. The summed E-state index contributed by atoms with van der Waals surface area (Å²) < 4.78 is 48.8. The predicted molar refractivity (Wildman–Crippen MR) is 111 cm³/mol. The molecule has 1 N–H and O–H groups in total. The van der Waals surface area contributed by atoms with E-state index in [-0.39, 0.29) is 11.5 Å². The largest absolute Gasteiger partial charge is 0.492 e. The zero-order valence-electron chi connectivity index (χ0n) is 18.6. The summed E-state index contributed by atoms with van der Waals surface area (Å²) in [6.45, 7) is 4.60. The summed E-state index contributed by atoms with van der Waals surface area (Å²) in [5, 5.41) is 11.0. The van der Waals surface area contributed by atoms with E-state index in [1.807, 2.05) is 17.0 Å². The third kappa shape index (κ3) is 6.46. The molecule has 0 bridgehead atoms. The number of alkyl halides is 3. The molecule has 9 nitrogen and oxygen atoms in total. The van der Waals surface area contributed by atoms with Crippen molar-refractivity contribution in [3.8, 4) is 5.75 Å². The number of halogens is 3. The predicted octanol–water partition coefficient (Wildman–Crippen LogP) is 3.49. The molecule has 1 atom stereocenters. The van der Waals surface area contributed by atoms with Crippen LogP contribution in [0.5, 0.6) is 5.75 Å². The van der Waals surface area contributed by atoms with Gasteiger partial charge < -0.3 is 24.0 Å². The Morgan fingerprint density at radius 3 is 2.59 bits per heavy atom. The van der Waals surface area contributed by atoms with Crippen molar-refractivity contribution < 1.29 is 41.9 Å². The normalized spacial score (nSPS) is 19.4. The molecule has 4 rings (SSSR count). The number of aryl methyl sites for hydroxylation is 1. The van der Waals surface area contributed by atoms with Crippen LogP contribution < -0.4 is 4.74 Å². The molecule has 1 unspecified atom stereocenters. The topological polar surface area (TPSA) is 115 Å². The quantitative estimate of drug-likeness (QED) is 0.685. The minimum atomic E-state index is -5.08. The Labute approximate surface area is 193 Å². The summed E-state index contributed by atoms with van der Waals surface area (Å²) in [6.07, 6.45) is 2.09. The number of rotatable bonds is 5. The summed E-state index contributed by atoms with van der Waals surface area (Å²) in [7, 11) is 0. The molecule has 34 heavy (non-hydrogen) atoms. The van der Waals surface area contributed by atoms with Gasteiger partial charge in [-0.3, -0.25) is 9.78 Å². The Balaban J connectivity index is 0.000000406. The summed E-state index contributed by atoms with van der Waals surface area (Å²) in [5.74, 6) is -0.905. The minimum absolute atomic E-state index is 0.0591. The van der Waals surface area contributed by atoms with Gasteiger partial charge >= 0.3 is 12.1 Å². The Hall–Kier alpha value is -3.15. The Morgan fingerprint density at radius 2 is 2.03 bits per heavy atom. The summed E-state index contributed by atoms with van der Waals surface area (Å²) in [6, 6.07) is 5.49. The second kappa shape index (κ2) is 10.9. The third-order valence-electron chi connectivity index (χ3n) is 5.96. The van der Waals surface area contributed by atoms with Crippen molar-refractivity contribution in [3.63, 3.8) is 0 Å². The molecular weight excluding hydrogens is 459 g/mol. The number of piperidine rings is 1. The molecule has 0 saturated carbocycles. The van der Waals surface area contributed by atoms with Crippen molar-refractivity contribution in [3.05, 3.63) is 42.0 Å². The Kier molecular flexibility index (Phi) is 8.13. The molecule has 186 valence electrons. The van der Waals surface area contributed by atoms with E-state index in [1.54, 1.807) is 25.4 Å². The fraction of sp³-hybridized carbons (Fsp3) is 0.545. The van der Waals surface area contributed by atoms with Crippen molar-refractivity contribution in [1.29, 1.82) is 0 Å². The molecule has 0 aliphatic carbocycles. The number of carbonyl (C=O) groups is 2. The molecule has 2 aliphatic rings. The molecule has 1 amide bonds. The van der Waals surface area contributed by atoms with E-state index in [9.17, 15) is 18.0 Å². The number of carboxylic acids is 1. The lowest BCUT2D eigenvalue weighted by Crippen LogP contribution is -2.49. The van der Waals surface area contributed by atoms with Crippen molar-refractivity contribution in [2.24, 2.45) is 5.92 Å². The number of nitrogens with zero attached hydrogens (tertiary/aromatic N) is 3. The number of aromatic nitrogens is 2. The van der Waals surface area contributed by atoms with Crippen LogP contribution in [-0.2, 0) is 9.53 Å². The first kappa shape index (κ1) is 25.5. The average Bonchev–Trinajstić information content (AvgIpc) is 3.41. The highest BCUT2D eigenvalue weighted by atomic mass is 19.4. The van der Waals surface area contributed by atoms with Crippen LogP contribution in [0.3, 0.4) is 0 Å². The number of aliphatic carboxylic acids is 1. The highest BCUT2D eigenvalue weighted by Gasteiger charge is 2.46. The van der Waals surface area contributed by atoms with Gasteiger partial charge in [-0.15, -0.1) is 0 Å². The summed E-state index contributed by atoms with van der Waals surface area (Å²) in [4.78, 5) is 27.4. The smallest absolute Gasteiger partial charge is 0.490 e. The summed E-state index contributed by atoms with van der Waals surface area (Å²) in [5.41, 5.74) is 0.256. The van der Waals surface area contributed by atoms with E-state index in [4.69, 9.17) is 23.9 Å². The lowest BCUT2D eigenvalue weighted by molar-refractivity contribution is -0.192. The molecule has 0 aromatic carbocycles. The van der Waals surface area contributed by atoms with Crippen LogP contribution in [0.2, 0.25) is 0 Å². The maximum atomic E-state index is 12.6. The number of hydrogen-bond acceptors (Lipinski definition) is 7. The molecule has 2 aliphatic heterocycles. The van der Waals surface area contributed by atoms with E-state index >= 15 is 0 Å². The lowest BCUT2D eigenvalue weighted by atomic mass is 9.78. The Bertz CT molecular complexity index is 958. The monoisotopic (exact) mass is 485 g/mol. The van der Waals surface area contributed by atoms with E-state index in [1.165, 1.54) is 0 Å². The van der Waals surface area contributed by atoms with Gasteiger partial charge in [-0.25, -0.2) is 4.79 Å². The first-order chi connectivity index (χ1) is 16.1. The molecule has 1 spiro atoms. The number of ether oxygens (including phenoxy) is 2. The SMILES string of the molecule is Cc1cc(C(=O)N2CCC3(CC2)OCCC3CCOc2cccnc2)no1.O=C(O)C(F)(F)F. The lowest BCUT2D eigenvalue weighted by Gasteiger charge is -2.42. The van der Waals surface area contributed by atoms with Gasteiger partial charge in [0, 0.05) is 32.0 Å². The van der Waals surface area contributed by atoms with Crippen molar-refractivity contribution in [2.75, 3.05) is 26.3 Å². The van der Waals surface area contributed by atoms with E-state index in [2.05, 4.69) is 10.1 Å². The van der Waals surface area contributed by atoms with Gasteiger partial charge in [-0.1, -0.05) is 5.16 Å². The first-order valence-corrected chi connectivity index (χ1v) is 10.8. The van der Waals surface area contributed by atoms with Gasteiger partial charge in [0.15, 0.2) is 5.69 Å². The number of carbonyl (C=O) groups excluding carboxylic acids is 1. The maximum Gasteiger partial charge on any atom is 0.490 e. The van der Waals surface area contributed by atoms with Gasteiger partial charge in [-0.05, 0) is 50.7 Å². The molecule has 2 aromatic heterocycles. The number of pyridine rings is 1. The summed E-state index contributed by atoms with van der Waals surface area (Å²) >= 11 is 0. The van der Waals surface area contributed by atoms with Crippen LogP contribution >= 0.6 is 0 Å². The van der Waals surface area contributed by atoms with Gasteiger partial charge in [-0.2, -0.15) is 13.2 Å². The van der Waals surface area contributed by atoms with Crippen LogP contribution in [0.4, 0.5) is 13.2 Å². The van der Waals surface area contributed by atoms with Crippen molar-refractivity contribution in [2.45, 2.75) is 44.4 Å². The number of amides is 1. The van der Waals surface area contributed by atoms with E-state index in [0.29, 0.717) is 37.1 Å². The van der Waals surface area contributed by atoms with Crippen LogP contribution in [0.15, 0.2) is 35.1 Å². The third-order valence-corrected chi connectivity index (χ3v) is 5.96. The second-order valence-corrected chi connectivity index (χ2v) is 8.14. The zero-order valence-corrected chi connectivity index (χ0v) is 18.6. The molecule has 2 fully saturated rings. The number of likely N-dealkylation sites (tertiary alicyclic amines) is 1. The van der Waals surface area contributed by atoms with Crippen LogP contribution in [0.1, 0.15) is 41.9 Å². The zero-order chi connectivity index (χ0) is 24.8. The molecular formula is C22H26F3N3O6. The van der Waals surface area contributed by atoms with Gasteiger partial charge in [0.2, 0.25) is 0 Å². The van der Waals surface area contributed by atoms with Gasteiger partial charge in [0.05, 0.1) is 18.4 Å².